The lowest BCUT2D eigenvalue weighted by Crippen LogP contribution is -2.55. The fourth-order valence-corrected chi connectivity index (χ4v) is 4.13. The van der Waals surface area contributed by atoms with Gasteiger partial charge in [0.1, 0.15) is 5.54 Å². The van der Waals surface area contributed by atoms with Gasteiger partial charge in [-0.05, 0) is 38.5 Å². The van der Waals surface area contributed by atoms with Crippen LogP contribution in [0.25, 0.3) is 0 Å². The monoisotopic (exact) mass is 275 g/mol. The van der Waals surface area contributed by atoms with E-state index in [1.807, 2.05) is 18.7 Å². The molecule has 0 bridgehead atoms. The summed E-state index contributed by atoms with van der Waals surface area (Å²) in [6.07, 6.45) is 5.16. The average Bonchev–Trinajstić information content (AvgIpc) is 3.21. The molecule has 4 heteroatoms. The van der Waals surface area contributed by atoms with Gasteiger partial charge in [-0.1, -0.05) is 12.8 Å². The smallest absolute Gasteiger partial charge is 0.226 e. The molecule has 20 heavy (non-hydrogen) atoms. The molecule has 0 aromatic carbocycles. The quantitative estimate of drug-likeness (QED) is 0.773. The predicted molar refractivity (Wildman–Crippen MR) is 76.8 cm³/mol. The standard InChI is InChI=1S/C16H25N3O/c1-16(2,11-17)19-9-7-18(8-10-19)15(20)14-12-5-3-4-6-13(12)14/h12-14H,3-10H2,1-2H3. The molecule has 0 radical (unpaired) electrons. The molecule has 2 aliphatic carbocycles. The van der Waals surface area contributed by atoms with E-state index in [1.165, 1.54) is 25.7 Å². The van der Waals surface area contributed by atoms with E-state index < -0.39 is 5.54 Å². The maximum absolute atomic E-state index is 12.6. The number of nitriles is 1. The van der Waals surface area contributed by atoms with Gasteiger partial charge < -0.3 is 4.90 Å². The van der Waals surface area contributed by atoms with Crippen LogP contribution in [0.5, 0.6) is 0 Å². The Morgan fingerprint density at radius 2 is 1.65 bits per heavy atom. The zero-order chi connectivity index (χ0) is 14.3. The maximum Gasteiger partial charge on any atom is 0.226 e. The first-order valence-electron chi connectivity index (χ1n) is 8.00. The van der Waals surface area contributed by atoms with E-state index in [1.54, 1.807) is 0 Å². The van der Waals surface area contributed by atoms with Crippen LogP contribution in [0, 0.1) is 29.1 Å². The van der Waals surface area contributed by atoms with Crippen LogP contribution < -0.4 is 0 Å². The second-order valence-corrected chi connectivity index (χ2v) is 7.12. The van der Waals surface area contributed by atoms with E-state index in [0.29, 0.717) is 23.7 Å². The first kappa shape index (κ1) is 13.9. The third kappa shape index (κ3) is 2.33. The van der Waals surface area contributed by atoms with Gasteiger partial charge in [-0.15, -0.1) is 0 Å². The van der Waals surface area contributed by atoms with Crippen molar-refractivity contribution in [3.05, 3.63) is 0 Å². The molecule has 2 atom stereocenters. The molecule has 1 amide bonds. The summed E-state index contributed by atoms with van der Waals surface area (Å²) in [4.78, 5) is 16.8. The molecule has 0 spiro atoms. The largest absolute Gasteiger partial charge is 0.340 e. The Kier molecular flexibility index (Phi) is 3.50. The highest BCUT2D eigenvalue weighted by atomic mass is 16.2. The highest BCUT2D eigenvalue weighted by Gasteiger charge is 2.55. The van der Waals surface area contributed by atoms with Gasteiger partial charge in [0.05, 0.1) is 6.07 Å². The van der Waals surface area contributed by atoms with Crippen LogP contribution in [0.4, 0.5) is 0 Å². The first-order chi connectivity index (χ1) is 9.54. The molecule has 1 saturated heterocycles. The fraction of sp³-hybridized carbons (Fsp3) is 0.875. The number of amides is 1. The van der Waals surface area contributed by atoms with Crippen molar-refractivity contribution < 1.29 is 4.79 Å². The van der Waals surface area contributed by atoms with Crippen molar-refractivity contribution in [1.29, 1.82) is 5.26 Å². The lowest BCUT2D eigenvalue weighted by molar-refractivity contribution is -0.135. The summed E-state index contributed by atoms with van der Waals surface area (Å²) in [5.74, 6) is 2.14. The number of nitrogens with zero attached hydrogens (tertiary/aromatic N) is 3. The van der Waals surface area contributed by atoms with Crippen LogP contribution >= 0.6 is 0 Å². The van der Waals surface area contributed by atoms with Gasteiger partial charge >= 0.3 is 0 Å². The molecule has 1 heterocycles. The highest BCUT2D eigenvalue weighted by Crippen LogP contribution is 2.56. The van der Waals surface area contributed by atoms with Crippen molar-refractivity contribution in [2.24, 2.45) is 17.8 Å². The summed E-state index contributed by atoms with van der Waals surface area (Å²) in [5, 5.41) is 9.19. The Morgan fingerprint density at radius 3 is 2.15 bits per heavy atom. The van der Waals surface area contributed by atoms with Crippen molar-refractivity contribution in [3.63, 3.8) is 0 Å². The van der Waals surface area contributed by atoms with Crippen molar-refractivity contribution in [2.45, 2.75) is 45.1 Å². The van der Waals surface area contributed by atoms with Crippen LogP contribution in [-0.4, -0.2) is 47.4 Å². The predicted octanol–water partition coefficient (Wildman–Crippen LogP) is 1.87. The summed E-state index contributed by atoms with van der Waals surface area (Å²) in [5.41, 5.74) is -0.414. The van der Waals surface area contributed by atoms with E-state index in [0.717, 1.165) is 26.2 Å². The van der Waals surface area contributed by atoms with E-state index in [2.05, 4.69) is 11.0 Å². The molecule has 3 aliphatic rings. The number of carbonyl (C=O) groups is 1. The van der Waals surface area contributed by atoms with Crippen LogP contribution in [-0.2, 0) is 4.79 Å². The Balaban J connectivity index is 1.54. The third-order valence-corrected chi connectivity index (χ3v) is 5.60. The zero-order valence-electron chi connectivity index (χ0n) is 12.6. The molecule has 4 nitrogen and oxygen atoms in total. The summed E-state index contributed by atoms with van der Waals surface area (Å²) in [6.45, 7) is 7.16. The van der Waals surface area contributed by atoms with E-state index in [4.69, 9.17) is 0 Å². The second-order valence-electron chi connectivity index (χ2n) is 7.12. The summed E-state index contributed by atoms with van der Waals surface area (Å²) in [6, 6.07) is 2.35. The Bertz CT molecular complexity index is 419. The van der Waals surface area contributed by atoms with Gasteiger partial charge in [-0.3, -0.25) is 9.69 Å². The van der Waals surface area contributed by atoms with E-state index in [9.17, 15) is 10.1 Å². The highest BCUT2D eigenvalue weighted by molar-refractivity contribution is 5.82. The molecule has 3 fully saturated rings. The van der Waals surface area contributed by atoms with Gasteiger partial charge in [-0.25, -0.2) is 0 Å². The average molecular weight is 275 g/mol. The Labute approximate surface area is 121 Å². The van der Waals surface area contributed by atoms with E-state index in [-0.39, 0.29) is 0 Å². The van der Waals surface area contributed by atoms with Gasteiger partial charge in [0.25, 0.3) is 0 Å². The van der Waals surface area contributed by atoms with Gasteiger partial charge in [0, 0.05) is 32.1 Å². The second kappa shape index (κ2) is 5.04. The minimum Gasteiger partial charge on any atom is -0.340 e. The van der Waals surface area contributed by atoms with Crippen molar-refractivity contribution in [3.8, 4) is 6.07 Å². The topological polar surface area (TPSA) is 47.3 Å². The minimum absolute atomic E-state index is 0.341. The number of piperazine rings is 1. The molecule has 0 N–H and O–H groups in total. The summed E-state index contributed by atoms with van der Waals surface area (Å²) < 4.78 is 0. The summed E-state index contributed by atoms with van der Waals surface area (Å²) in [7, 11) is 0. The minimum atomic E-state index is -0.414. The number of fused-ring (bicyclic) bond motifs is 1. The van der Waals surface area contributed by atoms with Crippen LogP contribution in [0.2, 0.25) is 0 Å². The molecule has 0 aromatic rings. The lowest BCUT2D eigenvalue weighted by atomic mass is 10.0. The van der Waals surface area contributed by atoms with Crippen molar-refractivity contribution in [2.75, 3.05) is 26.2 Å². The Hall–Kier alpha value is -1.08. The first-order valence-corrected chi connectivity index (χ1v) is 8.00. The lowest BCUT2D eigenvalue weighted by Gasteiger charge is -2.40. The zero-order valence-corrected chi connectivity index (χ0v) is 12.6. The third-order valence-electron chi connectivity index (χ3n) is 5.60. The molecule has 2 unspecified atom stereocenters. The molecule has 1 aliphatic heterocycles. The molecule has 3 rings (SSSR count). The van der Waals surface area contributed by atoms with Gasteiger partial charge in [0.15, 0.2) is 0 Å². The van der Waals surface area contributed by atoms with E-state index >= 15 is 0 Å². The van der Waals surface area contributed by atoms with Crippen LogP contribution in [0.3, 0.4) is 0 Å². The summed E-state index contributed by atoms with van der Waals surface area (Å²) >= 11 is 0. The number of rotatable bonds is 2. The molecular weight excluding hydrogens is 250 g/mol. The van der Waals surface area contributed by atoms with Crippen LogP contribution in [0.15, 0.2) is 0 Å². The molecule has 110 valence electrons. The molecule has 2 saturated carbocycles. The number of carbonyl (C=O) groups excluding carboxylic acids is 1. The van der Waals surface area contributed by atoms with Gasteiger partial charge in [0.2, 0.25) is 5.91 Å². The normalized spacial score (nSPS) is 34.2. The van der Waals surface area contributed by atoms with Crippen LogP contribution in [0.1, 0.15) is 39.5 Å². The SMILES string of the molecule is CC(C)(C#N)N1CCN(C(=O)C2C3CCCCC32)CC1. The number of hydrogen-bond donors (Lipinski definition) is 0. The van der Waals surface area contributed by atoms with Gasteiger partial charge in [-0.2, -0.15) is 5.26 Å². The molecule has 0 aromatic heterocycles. The number of hydrogen-bond acceptors (Lipinski definition) is 3. The molecular formula is C16H25N3O. The van der Waals surface area contributed by atoms with Crippen molar-refractivity contribution in [1.82, 2.24) is 9.80 Å². The fourth-order valence-electron chi connectivity index (χ4n) is 4.13. The Morgan fingerprint density at radius 1 is 1.10 bits per heavy atom. The van der Waals surface area contributed by atoms with Crippen molar-refractivity contribution >= 4 is 5.91 Å². The maximum atomic E-state index is 12.6.